The molecule has 2 amide bonds. The third-order valence-electron chi connectivity index (χ3n) is 4.47. The van der Waals surface area contributed by atoms with Crippen molar-refractivity contribution in [2.45, 2.75) is 37.8 Å². The van der Waals surface area contributed by atoms with Gasteiger partial charge in [-0.05, 0) is 44.4 Å². The monoisotopic (exact) mass is 289 g/mol. The molecule has 2 fully saturated rings. The minimum absolute atomic E-state index is 0.0179. The van der Waals surface area contributed by atoms with Crippen molar-refractivity contribution in [3.63, 3.8) is 0 Å². The van der Waals surface area contributed by atoms with E-state index >= 15 is 0 Å². The van der Waals surface area contributed by atoms with Gasteiger partial charge in [0.1, 0.15) is 5.75 Å². The predicted octanol–water partition coefficient (Wildman–Crippen LogP) is 2.44. The highest BCUT2D eigenvalue weighted by atomic mass is 16.5. The smallest absolute Gasteiger partial charge is 0.322 e. The lowest BCUT2D eigenvalue weighted by molar-refractivity contribution is 0.195. The van der Waals surface area contributed by atoms with Crippen molar-refractivity contribution in [3.8, 4) is 5.75 Å². The number of hydrogen-bond donors (Lipinski definition) is 2. The van der Waals surface area contributed by atoms with Crippen LogP contribution in [0.3, 0.4) is 0 Å². The summed E-state index contributed by atoms with van der Waals surface area (Å²) in [6.07, 6.45) is 4.56. The van der Waals surface area contributed by atoms with Crippen LogP contribution in [0, 0.1) is 0 Å². The first kappa shape index (κ1) is 14.2. The number of hydrogen-bond acceptors (Lipinski definition) is 3. The molecular weight excluding hydrogens is 266 g/mol. The predicted molar refractivity (Wildman–Crippen MR) is 82.8 cm³/mol. The van der Waals surface area contributed by atoms with E-state index in [0.717, 1.165) is 31.6 Å². The van der Waals surface area contributed by atoms with E-state index in [-0.39, 0.29) is 6.03 Å². The van der Waals surface area contributed by atoms with Crippen molar-refractivity contribution in [3.05, 3.63) is 24.3 Å². The van der Waals surface area contributed by atoms with Crippen molar-refractivity contribution in [2.24, 2.45) is 0 Å². The molecule has 2 aliphatic heterocycles. The minimum Gasteiger partial charge on any atom is -0.495 e. The molecule has 2 N–H and O–H groups in total. The van der Waals surface area contributed by atoms with Crippen LogP contribution < -0.4 is 15.4 Å². The van der Waals surface area contributed by atoms with E-state index in [1.54, 1.807) is 7.11 Å². The number of benzene rings is 1. The number of ether oxygens (including phenoxy) is 1. The van der Waals surface area contributed by atoms with Crippen molar-refractivity contribution >= 4 is 11.7 Å². The van der Waals surface area contributed by atoms with E-state index in [9.17, 15) is 4.79 Å². The molecule has 2 saturated heterocycles. The number of rotatable bonds is 3. The van der Waals surface area contributed by atoms with E-state index in [0.29, 0.717) is 17.8 Å². The highest BCUT2D eigenvalue weighted by molar-refractivity contribution is 5.91. The fraction of sp³-hybridized carbons (Fsp3) is 0.562. The van der Waals surface area contributed by atoms with Gasteiger partial charge in [0.05, 0.1) is 12.8 Å². The summed E-state index contributed by atoms with van der Waals surface area (Å²) in [5, 5.41) is 6.51. The maximum Gasteiger partial charge on any atom is 0.322 e. The Morgan fingerprint density at radius 1 is 1.33 bits per heavy atom. The van der Waals surface area contributed by atoms with E-state index < -0.39 is 0 Å². The SMILES string of the molecule is COc1ccccc1NC(=O)N1CCC[C@@H]1[C@@H]1CCCN1. The first-order chi connectivity index (χ1) is 10.3. The van der Waals surface area contributed by atoms with Gasteiger partial charge in [0.2, 0.25) is 0 Å². The molecule has 3 rings (SSSR count). The van der Waals surface area contributed by atoms with Crippen molar-refractivity contribution in [1.82, 2.24) is 10.2 Å². The molecule has 0 bridgehead atoms. The third-order valence-corrected chi connectivity index (χ3v) is 4.47. The van der Waals surface area contributed by atoms with Crippen LogP contribution in [0.4, 0.5) is 10.5 Å². The van der Waals surface area contributed by atoms with Gasteiger partial charge in [0, 0.05) is 18.6 Å². The van der Waals surface area contributed by atoms with Crippen LogP contribution in [0.25, 0.3) is 0 Å². The Labute approximate surface area is 125 Å². The molecule has 0 aliphatic carbocycles. The number of nitrogens with zero attached hydrogens (tertiary/aromatic N) is 1. The van der Waals surface area contributed by atoms with Gasteiger partial charge in [-0.3, -0.25) is 0 Å². The lowest BCUT2D eigenvalue weighted by atomic mass is 10.0. The van der Waals surface area contributed by atoms with Gasteiger partial charge in [-0.1, -0.05) is 12.1 Å². The lowest BCUT2D eigenvalue weighted by Gasteiger charge is -2.29. The average molecular weight is 289 g/mol. The molecule has 0 saturated carbocycles. The van der Waals surface area contributed by atoms with Crippen LogP contribution in [0.1, 0.15) is 25.7 Å². The minimum atomic E-state index is -0.0179. The fourth-order valence-corrected chi connectivity index (χ4v) is 3.44. The van der Waals surface area contributed by atoms with Gasteiger partial charge in [-0.15, -0.1) is 0 Å². The number of methoxy groups -OCH3 is 1. The van der Waals surface area contributed by atoms with E-state index in [1.807, 2.05) is 29.2 Å². The first-order valence-corrected chi connectivity index (χ1v) is 7.73. The number of para-hydroxylation sites is 2. The van der Waals surface area contributed by atoms with Crippen LogP contribution in [-0.2, 0) is 0 Å². The maximum absolute atomic E-state index is 12.6. The van der Waals surface area contributed by atoms with Gasteiger partial charge < -0.3 is 20.3 Å². The summed E-state index contributed by atoms with van der Waals surface area (Å²) in [6.45, 7) is 1.91. The molecule has 2 heterocycles. The van der Waals surface area contributed by atoms with E-state index in [2.05, 4.69) is 10.6 Å². The topological polar surface area (TPSA) is 53.6 Å². The second-order valence-electron chi connectivity index (χ2n) is 5.74. The standard InChI is InChI=1S/C16H23N3O2/c1-21-15-9-3-2-6-13(15)18-16(20)19-11-5-8-14(19)12-7-4-10-17-12/h2-3,6,9,12,14,17H,4-5,7-8,10-11H2,1H3,(H,18,20)/t12-,14+/m0/s1. The molecule has 2 atom stereocenters. The summed E-state index contributed by atoms with van der Waals surface area (Å²) in [5.74, 6) is 0.695. The van der Waals surface area contributed by atoms with Crippen LogP contribution in [0.2, 0.25) is 0 Å². The lowest BCUT2D eigenvalue weighted by Crippen LogP contribution is -2.48. The third kappa shape index (κ3) is 2.97. The van der Waals surface area contributed by atoms with Crippen molar-refractivity contribution < 1.29 is 9.53 Å². The first-order valence-electron chi connectivity index (χ1n) is 7.73. The molecular formula is C16H23N3O2. The number of urea groups is 1. The van der Waals surface area contributed by atoms with Crippen molar-refractivity contribution in [2.75, 3.05) is 25.5 Å². The zero-order chi connectivity index (χ0) is 14.7. The number of carbonyl (C=O) groups is 1. The van der Waals surface area contributed by atoms with Crippen LogP contribution in [-0.4, -0.2) is 43.2 Å². The van der Waals surface area contributed by atoms with Gasteiger partial charge in [0.15, 0.2) is 0 Å². The van der Waals surface area contributed by atoms with E-state index in [1.165, 1.54) is 12.8 Å². The molecule has 5 heteroatoms. The molecule has 1 aromatic carbocycles. The van der Waals surface area contributed by atoms with Gasteiger partial charge in [-0.2, -0.15) is 0 Å². The van der Waals surface area contributed by atoms with Crippen LogP contribution in [0.5, 0.6) is 5.75 Å². The Balaban J connectivity index is 1.69. The summed E-state index contributed by atoms with van der Waals surface area (Å²) in [5.41, 5.74) is 0.732. The van der Waals surface area contributed by atoms with Crippen LogP contribution >= 0.6 is 0 Å². The molecule has 5 nitrogen and oxygen atoms in total. The summed E-state index contributed by atoms with van der Waals surface area (Å²) >= 11 is 0. The largest absolute Gasteiger partial charge is 0.495 e. The molecule has 2 aliphatic rings. The molecule has 0 aromatic heterocycles. The Bertz CT molecular complexity index is 500. The van der Waals surface area contributed by atoms with Gasteiger partial charge >= 0.3 is 6.03 Å². The Kier molecular flexibility index (Phi) is 4.29. The maximum atomic E-state index is 12.6. The highest BCUT2D eigenvalue weighted by Crippen LogP contribution is 2.28. The van der Waals surface area contributed by atoms with Gasteiger partial charge in [-0.25, -0.2) is 4.79 Å². The number of likely N-dealkylation sites (tertiary alicyclic amines) is 1. The zero-order valence-electron chi connectivity index (χ0n) is 12.5. The van der Waals surface area contributed by atoms with E-state index in [4.69, 9.17) is 4.74 Å². The normalized spacial score (nSPS) is 25.1. The Hall–Kier alpha value is -1.75. The molecule has 0 radical (unpaired) electrons. The summed E-state index contributed by atoms with van der Waals surface area (Å²) in [6, 6.07) is 8.28. The summed E-state index contributed by atoms with van der Waals surface area (Å²) in [7, 11) is 1.62. The number of carbonyl (C=O) groups excluding carboxylic acids is 1. The molecule has 0 unspecified atom stereocenters. The average Bonchev–Trinajstić information content (AvgIpc) is 3.18. The molecule has 114 valence electrons. The Morgan fingerprint density at radius 2 is 2.19 bits per heavy atom. The second-order valence-corrected chi connectivity index (χ2v) is 5.74. The van der Waals surface area contributed by atoms with Gasteiger partial charge in [0.25, 0.3) is 0 Å². The number of nitrogens with one attached hydrogen (secondary N) is 2. The quantitative estimate of drug-likeness (QED) is 0.898. The molecule has 1 aromatic rings. The number of amides is 2. The highest BCUT2D eigenvalue weighted by Gasteiger charge is 2.36. The fourth-order valence-electron chi connectivity index (χ4n) is 3.44. The molecule has 21 heavy (non-hydrogen) atoms. The van der Waals surface area contributed by atoms with Crippen LogP contribution in [0.15, 0.2) is 24.3 Å². The zero-order valence-corrected chi connectivity index (χ0v) is 12.5. The second kappa shape index (κ2) is 6.35. The summed E-state index contributed by atoms with van der Waals surface area (Å²) in [4.78, 5) is 14.6. The molecule has 0 spiro atoms. The Morgan fingerprint density at radius 3 is 2.95 bits per heavy atom. The van der Waals surface area contributed by atoms with Crippen molar-refractivity contribution in [1.29, 1.82) is 0 Å². The summed E-state index contributed by atoms with van der Waals surface area (Å²) < 4.78 is 5.29. The number of anilines is 1.